The van der Waals surface area contributed by atoms with Crippen molar-refractivity contribution in [3.63, 3.8) is 0 Å². The Morgan fingerprint density at radius 2 is 2.20 bits per heavy atom. The molecule has 0 aliphatic heterocycles. The summed E-state index contributed by atoms with van der Waals surface area (Å²) in [6, 6.07) is 6.42. The molecule has 108 valence electrons. The highest BCUT2D eigenvalue weighted by molar-refractivity contribution is 5.84. The van der Waals surface area contributed by atoms with Gasteiger partial charge in [0.15, 0.2) is 0 Å². The van der Waals surface area contributed by atoms with E-state index in [0.717, 1.165) is 18.4 Å². The molecule has 1 unspecified atom stereocenters. The van der Waals surface area contributed by atoms with Crippen molar-refractivity contribution in [2.75, 3.05) is 7.11 Å². The number of hydrogen-bond donors (Lipinski definition) is 2. The molecule has 1 aromatic rings. The Balaban J connectivity index is 1.90. The second-order valence-corrected chi connectivity index (χ2v) is 5.17. The summed E-state index contributed by atoms with van der Waals surface area (Å²) in [6.45, 7) is 0. The lowest BCUT2D eigenvalue weighted by atomic mass is 10.1. The summed E-state index contributed by atoms with van der Waals surface area (Å²) in [5.74, 6) is -0.0986. The van der Waals surface area contributed by atoms with Crippen LogP contribution in [0, 0.1) is 5.92 Å². The standard InChI is InChI=1S/C15H19NO4/c1-20-12-4-2-3-11(7-12)9-14(17)16-13(15(18)19)8-10-5-6-10/h2-4,7,10,13H,5-6,8-9H2,1H3,(H,16,17)(H,18,19). The smallest absolute Gasteiger partial charge is 0.326 e. The Labute approximate surface area is 117 Å². The normalized spacial score (nSPS) is 15.4. The van der Waals surface area contributed by atoms with Crippen LogP contribution in [0.4, 0.5) is 0 Å². The first kappa shape index (κ1) is 14.4. The molecule has 0 radical (unpaired) electrons. The van der Waals surface area contributed by atoms with Crippen molar-refractivity contribution in [1.29, 1.82) is 0 Å². The Hall–Kier alpha value is -2.04. The highest BCUT2D eigenvalue weighted by Gasteiger charge is 2.30. The highest BCUT2D eigenvalue weighted by Crippen LogP contribution is 2.33. The van der Waals surface area contributed by atoms with Crippen LogP contribution in [0.2, 0.25) is 0 Å². The van der Waals surface area contributed by atoms with Crippen LogP contribution in [0.25, 0.3) is 0 Å². The quantitative estimate of drug-likeness (QED) is 0.794. The van der Waals surface area contributed by atoms with Crippen LogP contribution in [-0.4, -0.2) is 30.1 Å². The van der Waals surface area contributed by atoms with Crippen LogP contribution in [0.3, 0.4) is 0 Å². The molecule has 5 heteroatoms. The van der Waals surface area contributed by atoms with Gasteiger partial charge in [-0.2, -0.15) is 0 Å². The Bertz CT molecular complexity index is 496. The van der Waals surface area contributed by atoms with E-state index in [1.807, 2.05) is 6.07 Å². The molecule has 1 aliphatic carbocycles. The molecule has 0 heterocycles. The predicted molar refractivity (Wildman–Crippen MR) is 73.6 cm³/mol. The van der Waals surface area contributed by atoms with Gasteiger partial charge in [0.25, 0.3) is 0 Å². The van der Waals surface area contributed by atoms with Gasteiger partial charge in [0.1, 0.15) is 11.8 Å². The van der Waals surface area contributed by atoms with Crippen LogP contribution in [0.15, 0.2) is 24.3 Å². The summed E-state index contributed by atoms with van der Waals surface area (Å²) < 4.78 is 5.09. The number of benzene rings is 1. The van der Waals surface area contributed by atoms with Gasteiger partial charge in [0.05, 0.1) is 13.5 Å². The van der Waals surface area contributed by atoms with Crippen molar-refractivity contribution >= 4 is 11.9 Å². The number of ether oxygens (including phenoxy) is 1. The predicted octanol–water partition coefficient (Wildman–Crippen LogP) is 1.61. The number of aliphatic carboxylic acids is 1. The molecule has 5 nitrogen and oxygen atoms in total. The van der Waals surface area contributed by atoms with E-state index in [1.54, 1.807) is 25.3 Å². The molecule has 0 saturated heterocycles. The summed E-state index contributed by atoms with van der Waals surface area (Å²) in [5, 5.41) is 11.7. The molecule has 20 heavy (non-hydrogen) atoms. The third kappa shape index (κ3) is 4.26. The number of amides is 1. The van der Waals surface area contributed by atoms with E-state index in [4.69, 9.17) is 9.84 Å². The molecule has 1 saturated carbocycles. The molecule has 0 aromatic heterocycles. The van der Waals surface area contributed by atoms with Crippen LogP contribution in [0.5, 0.6) is 5.75 Å². The fourth-order valence-electron chi connectivity index (χ4n) is 2.12. The van der Waals surface area contributed by atoms with Crippen molar-refractivity contribution in [3.8, 4) is 5.75 Å². The Morgan fingerprint density at radius 1 is 1.45 bits per heavy atom. The lowest BCUT2D eigenvalue weighted by Crippen LogP contribution is -2.41. The van der Waals surface area contributed by atoms with Crippen LogP contribution in [-0.2, 0) is 16.0 Å². The van der Waals surface area contributed by atoms with Crippen molar-refractivity contribution in [2.45, 2.75) is 31.7 Å². The molecule has 2 N–H and O–H groups in total. The van der Waals surface area contributed by atoms with E-state index < -0.39 is 12.0 Å². The number of carboxylic acids is 1. The summed E-state index contributed by atoms with van der Waals surface area (Å²) in [6.07, 6.45) is 2.82. The molecule has 2 rings (SSSR count). The second-order valence-electron chi connectivity index (χ2n) is 5.17. The minimum atomic E-state index is -0.962. The summed E-state index contributed by atoms with van der Waals surface area (Å²) >= 11 is 0. The van der Waals surface area contributed by atoms with E-state index in [2.05, 4.69) is 5.32 Å². The van der Waals surface area contributed by atoms with Gasteiger partial charge in [0, 0.05) is 0 Å². The van der Waals surface area contributed by atoms with Gasteiger partial charge in [-0.05, 0) is 30.0 Å². The first-order valence-electron chi connectivity index (χ1n) is 6.73. The summed E-state index contributed by atoms with van der Waals surface area (Å²) in [4.78, 5) is 23.0. The number of carbonyl (C=O) groups excluding carboxylic acids is 1. The number of rotatable bonds is 7. The molecule has 0 bridgehead atoms. The van der Waals surface area contributed by atoms with Gasteiger partial charge in [-0.1, -0.05) is 25.0 Å². The van der Waals surface area contributed by atoms with E-state index >= 15 is 0 Å². The average molecular weight is 277 g/mol. The van der Waals surface area contributed by atoms with E-state index in [1.165, 1.54) is 0 Å². The van der Waals surface area contributed by atoms with Gasteiger partial charge in [-0.15, -0.1) is 0 Å². The Kier molecular flexibility index (Phi) is 4.61. The molecule has 1 aromatic carbocycles. The maximum atomic E-state index is 11.9. The molecule has 1 aliphatic rings. The molecular weight excluding hydrogens is 258 g/mol. The second kappa shape index (κ2) is 6.41. The zero-order valence-electron chi connectivity index (χ0n) is 11.5. The van der Waals surface area contributed by atoms with Crippen molar-refractivity contribution in [2.24, 2.45) is 5.92 Å². The van der Waals surface area contributed by atoms with Crippen LogP contribution >= 0.6 is 0 Å². The third-order valence-electron chi connectivity index (χ3n) is 3.40. The first-order valence-corrected chi connectivity index (χ1v) is 6.73. The molecule has 0 spiro atoms. The average Bonchev–Trinajstić information content (AvgIpc) is 3.22. The Morgan fingerprint density at radius 3 is 2.80 bits per heavy atom. The number of nitrogens with one attached hydrogen (secondary N) is 1. The molecular formula is C15H19NO4. The van der Waals surface area contributed by atoms with E-state index in [9.17, 15) is 9.59 Å². The van der Waals surface area contributed by atoms with Gasteiger partial charge in [-0.3, -0.25) is 4.79 Å². The zero-order chi connectivity index (χ0) is 14.5. The SMILES string of the molecule is COc1cccc(CC(=O)NC(CC2CC2)C(=O)O)c1. The highest BCUT2D eigenvalue weighted by atomic mass is 16.5. The minimum Gasteiger partial charge on any atom is -0.497 e. The first-order chi connectivity index (χ1) is 9.58. The molecule has 1 fully saturated rings. The molecule has 1 amide bonds. The van der Waals surface area contributed by atoms with Gasteiger partial charge < -0.3 is 15.2 Å². The maximum Gasteiger partial charge on any atom is 0.326 e. The fraction of sp³-hybridized carbons (Fsp3) is 0.467. The minimum absolute atomic E-state index is 0.158. The third-order valence-corrected chi connectivity index (χ3v) is 3.40. The van der Waals surface area contributed by atoms with Crippen LogP contribution in [0.1, 0.15) is 24.8 Å². The van der Waals surface area contributed by atoms with Crippen LogP contribution < -0.4 is 10.1 Å². The lowest BCUT2D eigenvalue weighted by molar-refractivity contribution is -0.142. The van der Waals surface area contributed by atoms with E-state index in [0.29, 0.717) is 18.1 Å². The topological polar surface area (TPSA) is 75.6 Å². The maximum absolute atomic E-state index is 11.9. The number of hydrogen-bond acceptors (Lipinski definition) is 3. The monoisotopic (exact) mass is 277 g/mol. The lowest BCUT2D eigenvalue weighted by Gasteiger charge is -2.14. The fourth-order valence-corrected chi connectivity index (χ4v) is 2.12. The summed E-state index contributed by atoms with van der Waals surface area (Å²) in [7, 11) is 1.56. The summed E-state index contributed by atoms with van der Waals surface area (Å²) in [5.41, 5.74) is 0.803. The number of methoxy groups -OCH3 is 1. The van der Waals surface area contributed by atoms with Gasteiger partial charge in [-0.25, -0.2) is 4.79 Å². The van der Waals surface area contributed by atoms with Gasteiger partial charge >= 0.3 is 5.97 Å². The largest absolute Gasteiger partial charge is 0.497 e. The number of carboxylic acid groups (broad SMARTS) is 1. The van der Waals surface area contributed by atoms with Crippen molar-refractivity contribution in [3.05, 3.63) is 29.8 Å². The van der Waals surface area contributed by atoms with E-state index in [-0.39, 0.29) is 12.3 Å². The zero-order valence-corrected chi connectivity index (χ0v) is 11.5. The van der Waals surface area contributed by atoms with Gasteiger partial charge in [0.2, 0.25) is 5.91 Å². The molecule has 1 atom stereocenters. The van der Waals surface area contributed by atoms with Crippen molar-refractivity contribution < 1.29 is 19.4 Å². The van der Waals surface area contributed by atoms with Crippen molar-refractivity contribution in [1.82, 2.24) is 5.32 Å². The number of carbonyl (C=O) groups is 2.